The first kappa shape index (κ1) is 13.9. The number of aliphatic hydroxyl groups excluding tert-OH is 2. The van der Waals surface area contributed by atoms with E-state index in [4.69, 9.17) is 21.4 Å². The van der Waals surface area contributed by atoms with Gasteiger partial charge in [0.15, 0.2) is 0 Å². The third-order valence-corrected chi connectivity index (χ3v) is 2.33. The third-order valence-electron chi connectivity index (χ3n) is 2.33. The largest absolute Gasteiger partial charge is 0.409 e. The van der Waals surface area contributed by atoms with Crippen LogP contribution in [-0.4, -0.2) is 56.6 Å². The van der Waals surface area contributed by atoms with Crippen LogP contribution in [0, 0.1) is 5.41 Å². The normalized spacial score (nSPS) is 10.6. The van der Waals surface area contributed by atoms with E-state index in [9.17, 15) is 15.2 Å². The number of hydrogen-bond acceptors (Lipinski definition) is 8. The summed E-state index contributed by atoms with van der Waals surface area (Å²) in [5.41, 5.74) is 3.13. The van der Waals surface area contributed by atoms with Crippen molar-refractivity contribution in [3.05, 3.63) is 15.8 Å². The number of nitrogen functional groups attached to an aromatic ring is 1. The molecule has 1 rings (SSSR count). The lowest BCUT2D eigenvalue weighted by molar-refractivity contribution is -0.0300. The minimum atomic E-state index is -1.06. The van der Waals surface area contributed by atoms with E-state index in [1.807, 2.05) is 0 Å². The molecular weight excluding hydrogens is 246 g/mol. The molecule has 10 nitrogen and oxygen atoms in total. The zero-order valence-corrected chi connectivity index (χ0v) is 9.44. The molecule has 0 spiro atoms. The molecule has 18 heavy (non-hydrogen) atoms. The molecule has 0 bridgehead atoms. The van der Waals surface area contributed by atoms with Crippen LogP contribution < -0.4 is 21.7 Å². The summed E-state index contributed by atoms with van der Waals surface area (Å²) in [6.45, 7) is -0.666. The van der Waals surface area contributed by atoms with Gasteiger partial charge in [-0.2, -0.15) is 0 Å². The number of aliphatic hydroxyl groups is 2. The molecule has 0 saturated heterocycles. The lowest BCUT2D eigenvalue weighted by atomic mass is 10.3. The Morgan fingerprint density at radius 1 is 1.17 bits per heavy atom. The number of nitrogens with two attached hydrogens (primary N) is 1. The molecule has 0 fully saturated rings. The van der Waals surface area contributed by atoms with Crippen LogP contribution in [0.1, 0.15) is 0 Å². The maximum atomic E-state index is 11.7. The Balaban J connectivity index is 3.48. The van der Waals surface area contributed by atoms with Gasteiger partial charge < -0.3 is 31.3 Å². The second-order valence-electron chi connectivity index (χ2n) is 3.43. The molecule has 0 amide bonds. The van der Waals surface area contributed by atoms with Crippen molar-refractivity contribution in [2.24, 2.45) is 0 Å². The zero-order valence-electron chi connectivity index (χ0n) is 9.44. The van der Waals surface area contributed by atoms with Crippen LogP contribution in [0.4, 0.5) is 11.4 Å². The molecule has 1 aromatic heterocycles. The highest BCUT2D eigenvalue weighted by Crippen LogP contribution is 2.12. The van der Waals surface area contributed by atoms with Gasteiger partial charge in [-0.05, 0) is 4.85 Å². The van der Waals surface area contributed by atoms with Crippen LogP contribution >= 0.6 is 0 Å². The smallest absolute Gasteiger partial charge is 0.329 e. The van der Waals surface area contributed by atoms with Crippen molar-refractivity contribution in [1.29, 1.82) is 5.41 Å². The van der Waals surface area contributed by atoms with E-state index >= 15 is 0 Å². The second-order valence-corrected chi connectivity index (χ2v) is 3.43. The molecule has 0 aromatic carbocycles. The first-order valence-electron chi connectivity index (χ1n) is 5.03. The number of nitrogens with one attached hydrogen (secondary N) is 1. The number of nitrogens with zero attached hydrogens (tertiary/aromatic N) is 3. The van der Waals surface area contributed by atoms with Gasteiger partial charge in [-0.25, -0.2) is 0 Å². The van der Waals surface area contributed by atoms with E-state index in [1.165, 1.54) is 4.90 Å². The minimum absolute atomic E-state index is 0.0190. The number of hydrogen-bond donors (Lipinski definition) is 6. The van der Waals surface area contributed by atoms with E-state index in [-0.39, 0.29) is 47.4 Å². The summed E-state index contributed by atoms with van der Waals surface area (Å²) in [6.07, 6.45) is 0. The van der Waals surface area contributed by atoms with Gasteiger partial charge in [0.2, 0.25) is 5.49 Å². The number of rotatable bonds is 5. The summed E-state index contributed by atoms with van der Waals surface area (Å²) < 4.78 is 0. The highest BCUT2D eigenvalue weighted by atomic mass is 16.6. The minimum Gasteiger partial charge on any atom is -0.409 e. The van der Waals surface area contributed by atoms with Gasteiger partial charge in [0.1, 0.15) is 11.4 Å². The van der Waals surface area contributed by atoms with Gasteiger partial charge in [0.05, 0.1) is 13.2 Å². The maximum Gasteiger partial charge on any atom is 0.329 e. The average molecular weight is 261 g/mol. The summed E-state index contributed by atoms with van der Waals surface area (Å²) in [6, 6.07) is 0. The van der Waals surface area contributed by atoms with Gasteiger partial charge in [0, 0.05) is 13.1 Å². The van der Waals surface area contributed by atoms with Crippen molar-refractivity contribution in [3.8, 4) is 0 Å². The van der Waals surface area contributed by atoms with Crippen molar-refractivity contribution in [2.75, 3.05) is 36.9 Å². The van der Waals surface area contributed by atoms with Crippen LogP contribution in [-0.2, 0) is 0 Å². The quantitative estimate of drug-likeness (QED) is 0.307. The Hall–Kier alpha value is -2.20. The van der Waals surface area contributed by atoms with Crippen molar-refractivity contribution in [3.63, 3.8) is 0 Å². The topological polar surface area (TPSA) is 161 Å². The van der Waals surface area contributed by atoms with E-state index in [2.05, 4.69) is 0 Å². The second kappa shape index (κ2) is 5.42. The molecular formula is C8H15N5O5. The summed E-state index contributed by atoms with van der Waals surface area (Å²) in [5.74, 6) is 0. The Labute approximate surface area is 101 Å². The fourth-order valence-corrected chi connectivity index (χ4v) is 1.49. The predicted octanol–water partition coefficient (Wildman–Crippen LogP) is -3.02. The molecule has 0 saturated carbocycles. The number of anilines is 2. The molecule has 0 aliphatic heterocycles. The lowest BCUT2D eigenvalue weighted by Gasteiger charge is -2.23. The maximum absolute atomic E-state index is 11.7. The van der Waals surface area contributed by atoms with Gasteiger partial charge >= 0.3 is 5.56 Å². The molecule has 0 aliphatic carbocycles. The molecule has 0 atom stereocenters. The fourth-order valence-electron chi connectivity index (χ4n) is 1.49. The molecule has 1 aromatic rings. The Morgan fingerprint density at radius 3 is 2.11 bits per heavy atom. The molecule has 1 heterocycles. The van der Waals surface area contributed by atoms with Crippen LogP contribution in [0.2, 0.25) is 0 Å². The predicted molar refractivity (Wildman–Crippen MR) is 59.7 cm³/mol. The Bertz CT molecular complexity index is 530. The summed E-state index contributed by atoms with van der Waals surface area (Å²) in [7, 11) is 0. The van der Waals surface area contributed by atoms with Gasteiger partial charge in [-0.3, -0.25) is 10.2 Å². The van der Waals surface area contributed by atoms with Crippen molar-refractivity contribution in [2.45, 2.75) is 0 Å². The van der Waals surface area contributed by atoms with E-state index < -0.39 is 11.0 Å². The molecule has 0 unspecified atom stereocenters. The van der Waals surface area contributed by atoms with E-state index in [1.54, 1.807) is 0 Å². The van der Waals surface area contributed by atoms with Crippen LogP contribution in [0.3, 0.4) is 0 Å². The van der Waals surface area contributed by atoms with Crippen molar-refractivity contribution >= 4 is 11.4 Å². The number of aromatic nitrogens is 2. The van der Waals surface area contributed by atoms with Crippen molar-refractivity contribution in [1.82, 2.24) is 9.69 Å². The zero-order chi connectivity index (χ0) is 13.9. The first-order chi connectivity index (χ1) is 8.45. The van der Waals surface area contributed by atoms with Crippen molar-refractivity contribution < 1.29 is 20.6 Å². The van der Waals surface area contributed by atoms with E-state index in [0.29, 0.717) is 0 Å². The Kier molecular flexibility index (Phi) is 4.18. The standard InChI is InChI=1S/C8H15N5O5/c9-5-6(11(1-3-14)2-4-15)8(16)13(18)12(17)7(5)10/h10,14-15,17-18H,1-4,9H2. The summed E-state index contributed by atoms with van der Waals surface area (Å²) in [4.78, 5) is 12.6. The lowest BCUT2D eigenvalue weighted by Crippen LogP contribution is -2.44. The first-order valence-corrected chi connectivity index (χ1v) is 5.03. The van der Waals surface area contributed by atoms with Crippen LogP contribution in [0.15, 0.2) is 4.79 Å². The van der Waals surface area contributed by atoms with Gasteiger partial charge in [-0.1, -0.05) is 4.85 Å². The van der Waals surface area contributed by atoms with Crippen LogP contribution in [0.5, 0.6) is 0 Å². The Morgan fingerprint density at radius 2 is 1.67 bits per heavy atom. The molecule has 10 heteroatoms. The SMILES string of the molecule is N=c1c(N)c(N(CCO)CCO)c(=O)n(O)n1O. The monoisotopic (exact) mass is 261 g/mol. The molecule has 0 radical (unpaired) electrons. The fraction of sp³-hybridized carbons (Fsp3) is 0.500. The van der Waals surface area contributed by atoms with Crippen LogP contribution in [0.25, 0.3) is 0 Å². The highest BCUT2D eigenvalue weighted by molar-refractivity contribution is 5.64. The van der Waals surface area contributed by atoms with Gasteiger partial charge in [0.25, 0.3) is 0 Å². The molecule has 102 valence electrons. The van der Waals surface area contributed by atoms with Gasteiger partial charge in [-0.15, -0.1) is 0 Å². The average Bonchev–Trinajstić information content (AvgIpc) is 2.35. The molecule has 0 aliphatic rings. The summed E-state index contributed by atoms with van der Waals surface area (Å²) in [5, 5.41) is 43.6. The summed E-state index contributed by atoms with van der Waals surface area (Å²) >= 11 is 0. The van der Waals surface area contributed by atoms with E-state index in [0.717, 1.165) is 0 Å². The molecule has 7 N–H and O–H groups in total. The third kappa shape index (κ3) is 2.24. The highest BCUT2D eigenvalue weighted by Gasteiger charge is 2.19.